The van der Waals surface area contributed by atoms with Crippen LogP contribution in [-0.2, 0) is 11.3 Å². The fourth-order valence-electron chi connectivity index (χ4n) is 2.26. The number of aromatic nitrogens is 1. The summed E-state index contributed by atoms with van der Waals surface area (Å²) in [5.41, 5.74) is 2.00. The number of nitro groups is 1. The number of hydrogen-bond acceptors (Lipinski definition) is 8. The Balaban J connectivity index is 1.82. The standard InChI is InChI=1S/C19H13N3O4S2/c1-12-11-27-19(21-12)28-17-7-6-15(22(24)25)8-16(17)18(23)26-10-14-4-2-13(9-20)3-5-14/h2-8,11H,10H2,1H3. The van der Waals surface area contributed by atoms with Crippen LogP contribution < -0.4 is 0 Å². The molecule has 0 saturated heterocycles. The van der Waals surface area contributed by atoms with E-state index in [1.165, 1.54) is 41.3 Å². The number of hydrogen-bond donors (Lipinski definition) is 0. The highest BCUT2D eigenvalue weighted by Gasteiger charge is 2.20. The number of benzene rings is 2. The first-order valence-electron chi connectivity index (χ1n) is 8.01. The van der Waals surface area contributed by atoms with Crippen molar-refractivity contribution >= 4 is 34.8 Å². The van der Waals surface area contributed by atoms with Crippen LogP contribution in [0.25, 0.3) is 0 Å². The molecule has 1 aromatic heterocycles. The van der Waals surface area contributed by atoms with Gasteiger partial charge in [-0.15, -0.1) is 11.3 Å². The molecule has 28 heavy (non-hydrogen) atoms. The minimum absolute atomic E-state index is 0.00625. The lowest BCUT2D eigenvalue weighted by molar-refractivity contribution is -0.384. The number of nitriles is 1. The van der Waals surface area contributed by atoms with Crippen molar-refractivity contribution in [2.75, 3.05) is 0 Å². The summed E-state index contributed by atoms with van der Waals surface area (Å²) in [6.07, 6.45) is 0. The van der Waals surface area contributed by atoms with Crippen LogP contribution in [0.4, 0.5) is 5.69 Å². The second-order valence-corrected chi connectivity index (χ2v) is 7.83. The average Bonchev–Trinajstić information content (AvgIpc) is 3.11. The molecule has 3 aromatic rings. The predicted octanol–water partition coefficient (Wildman–Crippen LogP) is 4.74. The van der Waals surface area contributed by atoms with Gasteiger partial charge in [-0.3, -0.25) is 10.1 Å². The van der Waals surface area contributed by atoms with E-state index in [2.05, 4.69) is 4.98 Å². The van der Waals surface area contributed by atoms with Gasteiger partial charge in [0, 0.05) is 28.1 Å². The van der Waals surface area contributed by atoms with Crippen molar-refractivity contribution in [1.82, 2.24) is 4.98 Å². The number of non-ortho nitro benzene ring substituents is 1. The van der Waals surface area contributed by atoms with Crippen LogP contribution in [0.15, 0.2) is 57.1 Å². The fraction of sp³-hybridized carbons (Fsp3) is 0.105. The molecule has 0 aliphatic carbocycles. The van der Waals surface area contributed by atoms with Gasteiger partial charge in [-0.2, -0.15) is 5.26 Å². The van der Waals surface area contributed by atoms with Crippen molar-refractivity contribution < 1.29 is 14.5 Å². The van der Waals surface area contributed by atoms with E-state index in [1.807, 2.05) is 18.4 Å². The Morgan fingerprint density at radius 2 is 2.07 bits per heavy atom. The van der Waals surface area contributed by atoms with E-state index in [0.29, 0.717) is 16.0 Å². The second-order valence-electron chi connectivity index (χ2n) is 5.68. The van der Waals surface area contributed by atoms with Crippen molar-refractivity contribution in [1.29, 1.82) is 5.26 Å². The monoisotopic (exact) mass is 411 g/mol. The van der Waals surface area contributed by atoms with Gasteiger partial charge in [0.2, 0.25) is 0 Å². The molecule has 0 unspecified atom stereocenters. The van der Waals surface area contributed by atoms with Crippen LogP contribution in [0.3, 0.4) is 0 Å². The highest BCUT2D eigenvalue weighted by atomic mass is 32.2. The zero-order valence-electron chi connectivity index (χ0n) is 14.6. The zero-order chi connectivity index (χ0) is 20.1. The van der Waals surface area contributed by atoms with E-state index in [1.54, 1.807) is 24.3 Å². The lowest BCUT2D eigenvalue weighted by Crippen LogP contribution is -2.07. The molecule has 0 bridgehead atoms. The van der Waals surface area contributed by atoms with Gasteiger partial charge >= 0.3 is 5.97 Å². The van der Waals surface area contributed by atoms with E-state index in [-0.39, 0.29) is 17.9 Å². The molecule has 7 nitrogen and oxygen atoms in total. The van der Waals surface area contributed by atoms with Crippen molar-refractivity contribution in [3.63, 3.8) is 0 Å². The first-order valence-corrected chi connectivity index (χ1v) is 9.70. The number of nitrogens with zero attached hydrogens (tertiary/aromatic N) is 3. The molecule has 0 spiro atoms. The van der Waals surface area contributed by atoms with Crippen LogP contribution in [0.2, 0.25) is 0 Å². The molecule has 2 aromatic carbocycles. The molecule has 0 N–H and O–H groups in total. The van der Waals surface area contributed by atoms with Crippen LogP contribution in [0.1, 0.15) is 27.2 Å². The third kappa shape index (κ3) is 4.73. The molecular formula is C19H13N3O4S2. The molecule has 1 heterocycles. The molecule has 0 atom stereocenters. The van der Waals surface area contributed by atoms with Gasteiger partial charge in [0.05, 0.1) is 22.1 Å². The van der Waals surface area contributed by atoms with Gasteiger partial charge in [0.15, 0.2) is 4.34 Å². The summed E-state index contributed by atoms with van der Waals surface area (Å²) >= 11 is 2.69. The summed E-state index contributed by atoms with van der Waals surface area (Å²) in [5, 5.41) is 21.8. The number of carbonyl (C=O) groups is 1. The van der Waals surface area contributed by atoms with E-state index < -0.39 is 10.9 Å². The Morgan fingerprint density at radius 1 is 1.32 bits per heavy atom. The Kier molecular flexibility index (Phi) is 6.03. The first-order chi connectivity index (χ1) is 13.5. The SMILES string of the molecule is Cc1csc(Sc2ccc([N+](=O)[O-])cc2C(=O)OCc2ccc(C#N)cc2)n1. The van der Waals surface area contributed by atoms with Gasteiger partial charge in [-0.25, -0.2) is 9.78 Å². The molecule has 0 aliphatic rings. The van der Waals surface area contributed by atoms with E-state index >= 15 is 0 Å². The highest BCUT2D eigenvalue weighted by molar-refractivity contribution is 8.01. The number of ether oxygens (including phenoxy) is 1. The molecular weight excluding hydrogens is 398 g/mol. The van der Waals surface area contributed by atoms with E-state index in [9.17, 15) is 14.9 Å². The maximum Gasteiger partial charge on any atom is 0.339 e. The minimum atomic E-state index is -0.663. The number of thiazole rings is 1. The summed E-state index contributed by atoms with van der Waals surface area (Å²) in [4.78, 5) is 28.0. The van der Waals surface area contributed by atoms with Crippen molar-refractivity contribution in [2.24, 2.45) is 0 Å². The van der Waals surface area contributed by atoms with E-state index in [0.717, 1.165) is 10.0 Å². The summed E-state index contributed by atoms with van der Waals surface area (Å²) in [6.45, 7) is 1.86. The first kappa shape index (κ1) is 19.5. The molecule has 140 valence electrons. The quantitative estimate of drug-likeness (QED) is 0.327. The number of rotatable bonds is 6. The molecule has 0 radical (unpaired) electrons. The van der Waals surface area contributed by atoms with Gasteiger partial charge in [0.1, 0.15) is 6.61 Å². The Bertz CT molecular complexity index is 1070. The minimum Gasteiger partial charge on any atom is -0.457 e. The van der Waals surface area contributed by atoms with Gasteiger partial charge in [-0.05, 0) is 30.7 Å². The number of aryl methyl sites for hydroxylation is 1. The molecule has 0 amide bonds. The van der Waals surface area contributed by atoms with Crippen LogP contribution in [0, 0.1) is 28.4 Å². The predicted molar refractivity (Wildman–Crippen MR) is 104 cm³/mol. The maximum atomic E-state index is 12.6. The van der Waals surface area contributed by atoms with Crippen molar-refractivity contribution in [2.45, 2.75) is 22.8 Å². The van der Waals surface area contributed by atoms with Crippen LogP contribution >= 0.6 is 23.1 Å². The van der Waals surface area contributed by atoms with Crippen LogP contribution in [0.5, 0.6) is 0 Å². The summed E-state index contributed by atoms with van der Waals surface area (Å²) in [7, 11) is 0. The molecule has 0 aliphatic heterocycles. The summed E-state index contributed by atoms with van der Waals surface area (Å²) in [5.74, 6) is -0.663. The second kappa shape index (κ2) is 8.65. The molecule has 0 fully saturated rings. The smallest absolute Gasteiger partial charge is 0.339 e. The third-order valence-electron chi connectivity index (χ3n) is 3.64. The van der Waals surface area contributed by atoms with Gasteiger partial charge < -0.3 is 4.74 Å². The normalized spacial score (nSPS) is 10.3. The maximum absolute atomic E-state index is 12.6. The largest absolute Gasteiger partial charge is 0.457 e. The van der Waals surface area contributed by atoms with Gasteiger partial charge in [0.25, 0.3) is 5.69 Å². The molecule has 3 rings (SSSR count). The van der Waals surface area contributed by atoms with Crippen molar-refractivity contribution in [3.05, 3.63) is 80.3 Å². The molecule has 9 heteroatoms. The lowest BCUT2D eigenvalue weighted by atomic mass is 10.1. The third-order valence-corrected chi connectivity index (χ3v) is 5.77. The Morgan fingerprint density at radius 3 is 2.68 bits per heavy atom. The fourth-order valence-corrected chi connectivity index (χ4v) is 4.15. The lowest BCUT2D eigenvalue weighted by Gasteiger charge is -2.09. The van der Waals surface area contributed by atoms with E-state index in [4.69, 9.17) is 10.00 Å². The van der Waals surface area contributed by atoms with Crippen molar-refractivity contribution in [3.8, 4) is 6.07 Å². The summed E-state index contributed by atoms with van der Waals surface area (Å²) in [6, 6.07) is 12.7. The molecule has 0 saturated carbocycles. The number of esters is 1. The Hall–Kier alpha value is -3.22. The zero-order valence-corrected chi connectivity index (χ0v) is 16.3. The summed E-state index contributed by atoms with van der Waals surface area (Å²) < 4.78 is 6.06. The number of nitro benzene ring substituents is 1. The van der Waals surface area contributed by atoms with Gasteiger partial charge in [-0.1, -0.05) is 23.9 Å². The topological polar surface area (TPSA) is 106 Å². The Labute approximate surface area is 168 Å². The van der Waals surface area contributed by atoms with Crippen LogP contribution in [-0.4, -0.2) is 15.9 Å². The number of carbonyl (C=O) groups excluding carboxylic acids is 1. The average molecular weight is 411 g/mol. The highest BCUT2D eigenvalue weighted by Crippen LogP contribution is 2.34.